The highest BCUT2D eigenvalue weighted by atomic mass is 32.1. The van der Waals surface area contributed by atoms with E-state index in [4.69, 9.17) is 16.2 Å². The van der Waals surface area contributed by atoms with Gasteiger partial charge < -0.3 is 31.5 Å². The van der Waals surface area contributed by atoms with E-state index in [1.54, 1.807) is 31.4 Å². The van der Waals surface area contributed by atoms with Crippen molar-refractivity contribution in [3.8, 4) is 0 Å². The van der Waals surface area contributed by atoms with Gasteiger partial charge in [-0.15, -0.1) is 11.3 Å². The lowest BCUT2D eigenvalue weighted by Gasteiger charge is -2.38. The summed E-state index contributed by atoms with van der Waals surface area (Å²) in [5, 5.41) is 14.8. The number of hydrogen-bond acceptors (Lipinski definition) is 9. The summed E-state index contributed by atoms with van der Waals surface area (Å²) < 4.78 is 5.81. The van der Waals surface area contributed by atoms with Crippen LogP contribution < -0.4 is 16.8 Å². The van der Waals surface area contributed by atoms with E-state index < -0.39 is 41.4 Å². The van der Waals surface area contributed by atoms with Crippen LogP contribution in [0.1, 0.15) is 127 Å². The molecule has 0 saturated carbocycles. The number of benzene rings is 1. The minimum Gasteiger partial charge on any atom is -0.481 e. The van der Waals surface area contributed by atoms with Crippen molar-refractivity contribution in [3.05, 3.63) is 45.9 Å². The van der Waals surface area contributed by atoms with Crippen LogP contribution in [-0.4, -0.2) is 63.4 Å². The van der Waals surface area contributed by atoms with Gasteiger partial charge in [0.05, 0.1) is 11.5 Å². The van der Waals surface area contributed by atoms with Crippen molar-refractivity contribution < 1.29 is 29.0 Å². The van der Waals surface area contributed by atoms with Crippen LogP contribution in [0.2, 0.25) is 0 Å². The molecule has 0 bridgehead atoms. The maximum atomic E-state index is 13.9. The van der Waals surface area contributed by atoms with E-state index in [-0.39, 0.29) is 35.9 Å². The van der Waals surface area contributed by atoms with Crippen LogP contribution in [0.4, 0.5) is 5.69 Å². The van der Waals surface area contributed by atoms with Crippen LogP contribution >= 0.6 is 11.3 Å². The molecule has 274 valence electrons. The second-order valence-electron chi connectivity index (χ2n) is 14.2. The average molecular weight is 702 g/mol. The van der Waals surface area contributed by atoms with Crippen LogP contribution in [0, 0.1) is 17.3 Å². The number of rotatable bonds is 21. The monoisotopic (exact) mass is 701 g/mol. The molecule has 2 amide bonds. The van der Waals surface area contributed by atoms with Crippen LogP contribution in [0.3, 0.4) is 0 Å². The number of carbonyl (C=O) groups is 4. The highest BCUT2D eigenvalue weighted by Gasteiger charge is 2.36. The number of hydrogen-bond donors (Lipinski definition) is 4. The fourth-order valence-corrected chi connectivity index (χ4v) is 6.67. The van der Waals surface area contributed by atoms with Crippen LogP contribution in [0.25, 0.3) is 0 Å². The van der Waals surface area contributed by atoms with E-state index in [1.165, 1.54) is 18.3 Å². The predicted molar refractivity (Wildman–Crippen MR) is 195 cm³/mol. The summed E-state index contributed by atoms with van der Waals surface area (Å²) in [6.07, 6.45) is 4.83. The molecule has 1 heterocycles. The molecule has 0 fully saturated rings. The minimum absolute atomic E-state index is 0.00711. The Morgan fingerprint density at radius 1 is 1.06 bits per heavy atom. The Hall–Kier alpha value is -3.51. The molecule has 0 radical (unpaired) electrons. The number of thiazole rings is 1. The Kier molecular flexibility index (Phi) is 16.7. The number of carboxylic acid groups (broad SMARTS) is 1. The Bertz CT molecular complexity index is 1360. The molecular formula is C37H59N5O6S. The van der Waals surface area contributed by atoms with Crippen LogP contribution in [0.15, 0.2) is 29.6 Å². The normalized spacial score (nSPS) is 14.8. The van der Waals surface area contributed by atoms with Crippen LogP contribution in [-0.2, 0) is 25.5 Å². The molecule has 0 aliphatic carbocycles. The minimum atomic E-state index is -1.09. The summed E-state index contributed by atoms with van der Waals surface area (Å²) in [5.41, 5.74) is 12.9. The van der Waals surface area contributed by atoms with Gasteiger partial charge in [-0.05, 0) is 62.6 Å². The zero-order valence-corrected chi connectivity index (χ0v) is 31.5. The Labute approximate surface area is 296 Å². The summed E-state index contributed by atoms with van der Waals surface area (Å²) >= 11 is 1.21. The molecule has 2 aromatic rings. The van der Waals surface area contributed by atoms with Crippen molar-refractivity contribution in [2.75, 3.05) is 12.3 Å². The third-order valence-corrected chi connectivity index (χ3v) is 10.1. The van der Waals surface area contributed by atoms with E-state index in [0.29, 0.717) is 30.1 Å². The van der Waals surface area contributed by atoms with E-state index >= 15 is 0 Å². The first kappa shape index (κ1) is 41.7. The summed E-state index contributed by atoms with van der Waals surface area (Å²) in [6, 6.07) is 5.78. The number of nitrogens with two attached hydrogens (primary N) is 2. The van der Waals surface area contributed by atoms with Crippen molar-refractivity contribution in [3.63, 3.8) is 0 Å². The molecule has 0 aliphatic heterocycles. The fourth-order valence-electron chi connectivity index (χ4n) is 5.83. The lowest BCUT2D eigenvalue weighted by atomic mass is 9.84. The van der Waals surface area contributed by atoms with Gasteiger partial charge in [0.2, 0.25) is 5.91 Å². The molecule has 5 atom stereocenters. The quantitative estimate of drug-likeness (QED) is 0.0654. The van der Waals surface area contributed by atoms with Crippen molar-refractivity contribution in [2.45, 2.75) is 131 Å². The van der Waals surface area contributed by atoms with Crippen molar-refractivity contribution in [2.24, 2.45) is 23.0 Å². The number of nitrogens with zero attached hydrogens (tertiary/aromatic N) is 2. The van der Waals surface area contributed by atoms with Crippen molar-refractivity contribution in [1.82, 2.24) is 15.2 Å². The van der Waals surface area contributed by atoms with Gasteiger partial charge in [0.1, 0.15) is 10.7 Å². The number of nitrogens with one attached hydrogen (secondary N) is 1. The summed E-state index contributed by atoms with van der Waals surface area (Å²) in [5.74, 6) is -2.00. The van der Waals surface area contributed by atoms with Gasteiger partial charge >= 0.3 is 11.9 Å². The highest BCUT2D eigenvalue weighted by molar-refractivity contribution is 7.09. The number of ether oxygens (including phenoxy) is 1. The molecule has 1 aromatic heterocycles. The molecule has 49 heavy (non-hydrogen) atoms. The number of esters is 1. The van der Waals surface area contributed by atoms with Crippen molar-refractivity contribution in [1.29, 1.82) is 0 Å². The first-order chi connectivity index (χ1) is 23.0. The molecule has 12 heteroatoms. The Balaban J connectivity index is 2.39. The summed E-state index contributed by atoms with van der Waals surface area (Å²) in [4.78, 5) is 58.2. The second-order valence-corrected chi connectivity index (χ2v) is 15.1. The molecule has 11 nitrogen and oxygen atoms in total. The number of anilines is 1. The summed E-state index contributed by atoms with van der Waals surface area (Å²) in [6.45, 7) is 15.3. The molecule has 0 saturated heterocycles. The van der Waals surface area contributed by atoms with Gasteiger partial charge in [-0.25, -0.2) is 4.98 Å². The van der Waals surface area contributed by atoms with Crippen LogP contribution in [0.5, 0.6) is 0 Å². The second kappa shape index (κ2) is 19.6. The number of unbranched alkanes of at least 4 members (excludes halogenated alkanes) is 3. The Morgan fingerprint density at radius 3 is 2.27 bits per heavy atom. The molecular weight excluding hydrogens is 643 g/mol. The zero-order chi connectivity index (χ0) is 36.9. The maximum absolute atomic E-state index is 13.9. The van der Waals surface area contributed by atoms with E-state index in [1.807, 2.05) is 44.7 Å². The number of nitrogen functional groups attached to an aromatic ring is 1. The third-order valence-electron chi connectivity index (χ3n) is 9.17. The fraction of sp³-hybridized carbons (Fsp3) is 0.649. The lowest BCUT2D eigenvalue weighted by Crippen LogP contribution is -2.53. The van der Waals surface area contributed by atoms with E-state index in [2.05, 4.69) is 17.2 Å². The number of carboxylic acids is 1. The topological polar surface area (TPSA) is 178 Å². The van der Waals surface area contributed by atoms with Gasteiger partial charge in [0.15, 0.2) is 6.10 Å². The van der Waals surface area contributed by atoms with Crippen molar-refractivity contribution >= 4 is 40.8 Å². The number of carbonyl (C=O) groups excluding carboxylic acids is 3. The molecule has 1 aromatic carbocycles. The maximum Gasteiger partial charge on any atom is 0.309 e. The first-order valence-electron chi connectivity index (χ1n) is 17.6. The number of aliphatic carboxylic acids is 1. The Morgan fingerprint density at radius 2 is 1.71 bits per heavy atom. The van der Waals surface area contributed by atoms with E-state index in [9.17, 15) is 24.3 Å². The number of amides is 2. The lowest BCUT2D eigenvalue weighted by molar-refractivity contribution is -0.149. The molecule has 6 N–H and O–H groups in total. The molecule has 2 rings (SSSR count). The SMILES string of the molecule is CCCCCCN(C(=O)[C@@H](N)[C@@H](C)CC)[C@H](C[C@@H](OC(C)=O)c1nc(C(=O)N[C@@H](Cc2ccc(N)cc2)CC(C)(C)C(=O)O)cs1)C(C)C. The zero-order valence-electron chi connectivity index (χ0n) is 30.7. The standard InChI is InChI=1S/C37H59N5O6S/c1-9-11-12-13-18-42(35(45)32(39)24(5)10-2)30(23(3)4)20-31(48-25(6)43)34-41-29(22-49-34)33(44)40-28(21-37(7,8)36(46)47)19-26-14-16-27(38)17-15-26/h14-17,22-24,28,30-32H,9-13,18-21,38-39H2,1-8H3,(H,40,44)(H,46,47)/t24-,28-,30+,31+,32-/m0/s1. The third kappa shape index (κ3) is 13.0. The molecule has 0 aliphatic rings. The summed E-state index contributed by atoms with van der Waals surface area (Å²) in [7, 11) is 0. The largest absolute Gasteiger partial charge is 0.481 e. The predicted octanol–water partition coefficient (Wildman–Crippen LogP) is 6.37. The molecule has 0 unspecified atom stereocenters. The van der Waals surface area contributed by atoms with Gasteiger partial charge in [0.25, 0.3) is 5.91 Å². The smallest absolute Gasteiger partial charge is 0.309 e. The highest BCUT2D eigenvalue weighted by Crippen LogP contribution is 2.32. The number of aromatic nitrogens is 1. The first-order valence-corrected chi connectivity index (χ1v) is 18.5. The molecule has 0 spiro atoms. The van der Waals surface area contributed by atoms with Gasteiger partial charge in [0, 0.05) is 43.0 Å². The van der Waals surface area contributed by atoms with Gasteiger partial charge in [-0.3, -0.25) is 19.2 Å². The van der Waals surface area contributed by atoms with Gasteiger partial charge in [-0.1, -0.05) is 72.4 Å². The van der Waals surface area contributed by atoms with E-state index in [0.717, 1.165) is 37.7 Å². The van der Waals surface area contributed by atoms with Gasteiger partial charge in [-0.2, -0.15) is 0 Å². The average Bonchev–Trinajstić information content (AvgIpc) is 3.53.